The number of carbonyl (C=O) groups excluding carboxylic acids is 1. The fourth-order valence-electron chi connectivity index (χ4n) is 2.67. The molecule has 8 nitrogen and oxygen atoms in total. The van der Waals surface area contributed by atoms with Crippen molar-refractivity contribution < 1.29 is 13.9 Å². The summed E-state index contributed by atoms with van der Waals surface area (Å²) in [6.07, 6.45) is 1.14. The number of ether oxygens (including phenoxy) is 1. The summed E-state index contributed by atoms with van der Waals surface area (Å²) in [4.78, 5) is 20.0. The molecule has 0 bridgehead atoms. The quantitative estimate of drug-likeness (QED) is 0.247. The molecule has 3 rings (SSSR count). The Hall–Kier alpha value is -3.08. The van der Waals surface area contributed by atoms with E-state index in [1.807, 2.05) is 55.5 Å². The van der Waals surface area contributed by atoms with Crippen LogP contribution in [0.1, 0.15) is 16.8 Å². The normalized spacial score (nSPS) is 10.7. The Kier molecular flexibility index (Phi) is 9.32. The molecule has 3 aromatic rings. The zero-order valence-corrected chi connectivity index (χ0v) is 20.0. The second-order valence-corrected chi connectivity index (χ2v) is 6.60. The zero-order chi connectivity index (χ0) is 21.3. The smallest absolute Gasteiger partial charge is 0.411 e. The van der Waals surface area contributed by atoms with E-state index in [1.165, 1.54) is 12.7 Å². The molecular weight excluding hydrogens is 509 g/mol. The van der Waals surface area contributed by atoms with Crippen molar-refractivity contribution in [3.63, 3.8) is 0 Å². The van der Waals surface area contributed by atoms with E-state index >= 15 is 0 Å². The minimum atomic E-state index is -0.496. The summed E-state index contributed by atoms with van der Waals surface area (Å²) in [6, 6.07) is 15.5. The molecule has 31 heavy (non-hydrogen) atoms. The van der Waals surface area contributed by atoms with Crippen LogP contribution in [-0.4, -0.2) is 31.2 Å². The van der Waals surface area contributed by atoms with Gasteiger partial charge in [-0.3, -0.25) is 10.3 Å². The molecule has 0 radical (unpaired) electrons. The van der Waals surface area contributed by atoms with Crippen LogP contribution in [0.15, 0.2) is 64.2 Å². The van der Waals surface area contributed by atoms with E-state index in [1.54, 1.807) is 13.3 Å². The van der Waals surface area contributed by atoms with Crippen molar-refractivity contribution in [3.05, 3.63) is 71.6 Å². The Balaban J connectivity index is 0.00000341. The predicted molar refractivity (Wildman–Crippen MR) is 132 cm³/mol. The van der Waals surface area contributed by atoms with Gasteiger partial charge in [0.05, 0.1) is 19.3 Å². The molecule has 9 heteroatoms. The van der Waals surface area contributed by atoms with Gasteiger partial charge >= 0.3 is 6.09 Å². The highest BCUT2D eigenvalue weighted by Gasteiger charge is 2.07. The lowest BCUT2D eigenvalue weighted by atomic mass is 10.1. The number of aryl methyl sites for hydroxylation is 1. The molecule has 0 saturated heterocycles. The van der Waals surface area contributed by atoms with Crippen molar-refractivity contribution in [2.45, 2.75) is 20.0 Å². The van der Waals surface area contributed by atoms with E-state index in [-0.39, 0.29) is 24.0 Å². The van der Waals surface area contributed by atoms with Crippen molar-refractivity contribution in [3.8, 4) is 11.5 Å². The van der Waals surface area contributed by atoms with Crippen LogP contribution in [0, 0.1) is 6.92 Å². The summed E-state index contributed by atoms with van der Waals surface area (Å²) in [5.41, 5.74) is 4.63. The van der Waals surface area contributed by atoms with E-state index in [2.05, 4.69) is 30.7 Å². The fourth-order valence-corrected chi connectivity index (χ4v) is 2.67. The Morgan fingerprint density at radius 1 is 1.06 bits per heavy atom. The minimum Gasteiger partial charge on any atom is -0.453 e. The summed E-state index contributed by atoms with van der Waals surface area (Å²) in [5.74, 6) is 1.24. The van der Waals surface area contributed by atoms with Crippen molar-refractivity contribution >= 4 is 41.7 Å². The van der Waals surface area contributed by atoms with Crippen molar-refractivity contribution in [1.82, 2.24) is 15.6 Å². The topological polar surface area (TPSA) is 101 Å². The largest absolute Gasteiger partial charge is 0.453 e. The lowest BCUT2D eigenvalue weighted by Gasteiger charge is -2.11. The van der Waals surface area contributed by atoms with Crippen LogP contribution in [0.3, 0.4) is 0 Å². The minimum absolute atomic E-state index is 0. The van der Waals surface area contributed by atoms with E-state index in [9.17, 15) is 4.79 Å². The molecule has 0 saturated carbocycles. The van der Waals surface area contributed by atoms with Gasteiger partial charge in [0.2, 0.25) is 5.89 Å². The molecule has 1 heterocycles. The third-order valence-corrected chi connectivity index (χ3v) is 4.36. The van der Waals surface area contributed by atoms with Gasteiger partial charge in [-0.25, -0.2) is 9.78 Å². The molecule has 1 aromatic heterocycles. The number of halogens is 1. The third-order valence-electron chi connectivity index (χ3n) is 4.36. The number of nitrogens with one attached hydrogen (secondary N) is 3. The number of guanidine groups is 1. The van der Waals surface area contributed by atoms with E-state index < -0.39 is 6.09 Å². The number of aliphatic imine (C=N–C) groups is 1. The SMILES string of the molecule is CN=C(NCc1ccc(NC(=O)OC)cc1)NCc1coc(-c2ccc(C)cc2)n1.I. The van der Waals surface area contributed by atoms with Gasteiger partial charge in [0.15, 0.2) is 5.96 Å². The summed E-state index contributed by atoms with van der Waals surface area (Å²) < 4.78 is 10.2. The molecule has 0 aliphatic heterocycles. The van der Waals surface area contributed by atoms with Crippen molar-refractivity contribution in [1.29, 1.82) is 0 Å². The van der Waals surface area contributed by atoms with Crippen molar-refractivity contribution in [2.24, 2.45) is 4.99 Å². The highest BCUT2D eigenvalue weighted by Crippen LogP contribution is 2.19. The molecule has 2 aromatic carbocycles. The van der Waals surface area contributed by atoms with Crippen molar-refractivity contribution in [2.75, 3.05) is 19.5 Å². The number of carbonyl (C=O) groups is 1. The monoisotopic (exact) mass is 535 g/mol. The van der Waals surface area contributed by atoms with Crippen LogP contribution in [0.2, 0.25) is 0 Å². The molecule has 0 unspecified atom stereocenters. The van der Waals surface area contributed by atoms with E-state index in [0.29, 0.717) is 30.6 Å². The number of methoxy groups -OCH3 is 1. The predicted octanol–water partition coefficient (Wildman–Crippen LogP) is 4.31. The van der Waals surface area contributed by atoms with E-state index in [0.717, 1.165) is 16.8 Å². The van der Waals surface area contributed by atoms with Crippen LogP contribution < -0.4 is 16.0 Å². The van der Waals surface area contributed by atoms with Crippen LogP contribution in [0.5, 0.6) is 0 Å². The average Bonchev–Trinajstić information content (AvgIpc) is 3.24. The summed E-state index contributed by atoms with van der Waals surface area (Å²) in [6.45, 7) is 3.10. The molecule has 0 fully saturated rings. The van der Waals surface area contributed by atoms with Gasteiger partial charge in [0, 0.05) is 24.8 Å². The highest BCUT2D eigenvalue weighted by atomic mass is 127. The van der Waals surface area contributed by atoms with Gasteiger partial charge < -0.3 is 19.8 Å². The van der Waals surface area contributed by atoms with Crippen LogP contribution >= 0.6 is 24.0 Å². The number of hydrogen-bond acceptors (Lipinski definition) is 5. The van der Waals surface area contributed by atoms with Crippen LogP contribution in [0.25, 0.3) is 11.5 Å². The van der Waals surface area contributed by atoms with Gasteiger partial charge in [-0.15, -0.1) is 24.0 Å². The lowest BCUT2D eigenvalue weighted by molar-refractivity contribution is 0.187. The van der Waals surface area contributed by atoms with Gasteiger partial charge in [-0.2, -0.15) is 0 Å². The molecule has 1 amide bonds. The Morgan fingerprint density at radius 3 is 2.39 bits per heavy atom. The van der Waals surface area contributed by atoms with Gasteiger partial charge in [-0.05, 0) is 36.8 Å². The maximum atomic E-state index is 11.2. The maximum Gasteiger partial charge on any atom is 0.411 e. The fraction of sp³-hybridized carbons (Fsp3) is 0.227. The third kappa shape index (κ3) is 7.28. The lowest BCUT2D eigenvalue weighted by Crippen LogP contribution is -2.36. The first-order valence-electron chi connectivity index (χ1n) is 9.47. The zero-order valence-electron chi connectivity index (χ0n) is 17.6. The first kappa shape index (κ1) is 24.2. The second kappa shape index (κ2) is 11.9. The number of amides is 1. The van der Waals surface area contributed by atoms with Crippen LogP contribution in [0.4, 0.5) is 10.5 Å². The Labute approximate surface area is 198 Å². The van der Waals surface area contributed by atoms with Gasteiger partial charge in [-0.1, -0.05) is 29.8 Å². The summed E-state index contributed by atoms with van der Waals surface area (Å²) in [7, 11) is 3.04. The number of rotatable bonds is 6. The first-order valence-corrected chi connectivity index (χ1v) is 9.47. The standard InChI is InChI=1S/C22H25N5O3.HI/c1-15-4-8-17(9-5-15)20-26-19(14-30-20)13-25-21(23-2)24-12-16-6-10-18(11-7-16)27-22(28)29-3;/h4-11,14H,12-13H2,1-3H3,(H,27,28)(H2,23,24,25);1H. The summed E-state index contributed by atoms with van der Waals surface area (Å²) >= 11 is 0. The molecule has 3 N–H and O–H groups in total. The number of benzene rings is 2. The average molecular weight is 535 g/mol. The van der Waals surface area contributed by atoms with Gasteiger partial charge in [0.25, 0.3) is 0 Å². The molecule has 164 valence electrons. The number of oxazole rings is 1. The Morgan fingerprint density at radius 2 is 1.74 bits per heavy atom. The maximum absolute atomic E-state index is 11.2. The van der Waals surface area contributed by atoms with Gasteiger partial charge in [0.1, 0.15) is 6.26 Å². The molecule has 0 spiro atoms. The van der Waals surface area contributed by atoms with E-state index in [4.69, 9.17) is 4.42 Å². The first-order chi connectivity index (χ1) is 14.6. The second-order valence-electron chi connectivity index (χ2n) is 6.60. The number of hydrogen-bond donors (Lipinski definition) is 3. The Bertz CT molecular complexity index is 1000. The number of aromatic nitrogens is 1. The van der Waals surface area contributed by atoms with Crippen LogP contribution in [-0.2, 0) is 17.8 Å². The molecular formula is C22H26IN5O3. The molecule has 0 aliphatic carbocycles. The number of anilines is 1. The molecule has 0 atom stereocenters. The molecule has 0 aliphatic rings. The summed E-state index contributed by atoms with van der Waals surface area (Å²) in [5, 5.41) is 9.07. The number of nitrogens with zero attached hydrogens (tertiary/aromatic N) is 2. The highest BCUT2D eigenvalue weighted by molar-refractivity contribution is 14.0.